The molecule has 25 heavy (non-hydrogen) atoms. The highest BCUT2D eigenvalue weighted by molar-refractivity contribution is 5.91. The minimum absolute atomic E-state index is 0.285. The first-order chi connectivity index (χ1) is 11.9. The van der Waals surface area contributed by atoms with Crippen molar-refractivity contribution in [2.24, 2.45) is 0 Å². The summed E-state index contributed by atoms with van der Waals surface area (Å²) in [7, 11) is 0. The lowest BCUT2D eigenvalue weighted by atomic mass is 9.99. The van der Waals surface area contributed by atoms with Crippen LogP contribution in [0.5, 0.6) is 5.75 Å². The number of carbonyl (C=O) groups is 1. The number of amides is 1. The fraction of sp³-hybridized carbons (Fsp3) is 0.278. The number of nitrogens with zero attached hydrogens (tertiary/aromatic N) is 1. The van der Waals surface area contributed by atoms with Gasteiger partial charge in [0.25, 0.3) is 5.91 Å². The third-order valence-electron chi connectivity index (χ3n) is 3.85. The van der Waals surface area contributed by atoms with Crippen molar-refractivity contribution in [1.29, 1.82) is 0 Å². The summed E-state index contributed by atoms with van der Waals surface area (Å²) in [6.45, 7) is 3.76. The number of carbonyl (C=O) groups excluding carboxylic acids is 1. The van der Waals surface area contributed by atoms with Crippen molar-refractivity contribution in [2.45, 2.75) is 26.2 Å². The van der Waals surface area contributed by atoms with Crippen LogP contribution in [0.4, 0.5) is 15.8 Å². The second kappa shape index (κ2) is 8.23. The number of hydrogen-bond acceptors (Lipinski definition) is 4. The van der Waals surface area contributed by atoms with Gasteiger partial charge in [0.1, 0.15) is 5.82 Å². The molecule has 0 spiro atoms. The van der Waals surface area contributed by atoms with Gasteiger partial charge >= 0.3 is 5.69 Å². The molecular formula is C18H19FN2O4. The van der Waals surface area contributed by atoms with E-state index in [4.69, 9.17) is 4.74 Å². The number of rotatable bonds is 7. The summed E-state index contributed by atoms with van der Waals surface area (Å²) >= 11 is 0. The van der Waals surface area contributed by atoms with Crippen LogP contribution in [0.2, 0.25) is 0 Å². The number of hydrogen-bond donors (Lipinski definition) is 1. The highest BCUT2D eigenvalue weighted by Crippen LogP contribution is 2.27. The third-order valence-corrected chi connectivity index (χ3v) is 3.85. The number of nitro benzene ring substituents is 1. The van der Waals surface area contributed by atoms with Gasteiger partial charge in [0.15, 0.2) is 6.61 Å². The number of nitro groups is 1. The first kappa shape index (κ1) is 18.4. The molecule has 1 amide bonds. The Bertz CT molecular complexity index is 762. The number of nitrogens with one attached hydrogen (secondary N) is 1. The summed E-state index contributed by atoms with van der Waals surface area (Å²) < 4.78 is 18.3. The van der Waals surface area contributed by atoms with Crippen molar-refractivity contribution in [2.75, 3.05) is 11.9 Å². The maximum absolute atomic E-state index is 13.2. The van der Waals surface area contributed by atoms with E-state index < -0.39 is 28.9 Å². The number of benzene rings is 2. The molecule has 0 fully saturated rings. The Morgan fingerprint density at radius 1 is 1.28 bits per heavy atom. The smallest absolute Gasteiger partial charge is 0.311 e. The number of anilines is 1. The van der Waals surface area contributed by atoms with E-state index in [0.717, 1.165) is 24.6 Å². The molecule has 0 radical (unpaired) electrons. The van der Waals surface area contributed by atoms with Gasteiger partial charge in [0.2, 0.25) is 5.75 Å². The van der Waals surface area contributed by atoms with Gasteiger partial charge in [-0.05, 0) is 36.1 Å². The highest BCUT2D eigenvalue weighted by Gasteiger charge is 2.17. The first-order valence-electron chi connectivity index (χ1n) is 7.87. The van der Waals surface area contributed by atoms with Crippen molar-refractivity contribution in [3.63, 3.8) is 0 Å². The summed E-state index contributed by atoms with van der Waals surface area (Å²) in [5.41, 5.74) is 1.37. The van der Waals surface area contributed by atoms with Gasteiger partial charge in [0.05, 0.1) is 4.92 Å². The maximum Gasteiger partial charge on any atom is 0.311 e. The van der Waals surface area contributed by atoms with E-state index in [0.29, 0.717) is 11.6 Å². The van der Waals surface area contributed by atoms with Gasteiger partial charge in [0, 0.05) is 17.8 Å². The van der Waals surface area contributed by atoms with Crippen LogP contribution >= 0.6 is 0 Å². The molecule has 2 aromatic carbocycles. The van der Waals surface area contributed by atoms with E-state index in [1.54, 1.807) is 12.1 Å². The molecule has 0 unspecified atom stereocenters. The second-order valence-corrected chi connectivity index (χ2v) is 5.64. The van der Waals surface area contributed by atoms with Crippen LogP contribution in [0, 0.1) is 15.9 Å². The van der Waals surface area contributed by atoms with Gasteiger partial charge in [-0.3, -0.25) is 14.9 Å². The Hall–Kier alpha value is -2.96. The molecule has 0 heterocycles. The molecule has 0 aliphatic heterocycles. The molecule has 2 rings (SSSR count). The summed E-state index contributed by atoms with van der Waals surface area (Å²) in [4.78, 5) is 22.1. The molecule has 0 bridgehead atoms. The summed E-state index contributed by atoms with van der Waals surface area (Å²) in [5, 5.41) is 13.5. The molecule has 7 heteroatoms. The standard InChI is InChI=1S/C18H19FN2O4/c1-3-12(2)13-4-7-15(8-5-13)20-18(22)11-25-17-10-14(19)6-9-16(17)21(23)24/h4-10,12H,3,11H2,1-2H3,(H,20,22)/t12-/m0/s1. The van der Waals surface area contributed by atoms with Crippen molar-refractivity contribution < 1.29 is 18.8 Å². The average molecular weight is 346 g/mol. The topological polar surface area (TPSA) is 81.5 Å². The zero-order chi connectivity index (χ0) is 18.4. The molecule has 0 saturated heterocycles. The van der Waals surface area contributed by atoms with Gasteiger partial charge in [-0.15, -0.1) is 0 Å². The van der Waals surface area contributed by atoms with E-state index in [1.807, 2.05) is 12.1 Å². The quantitative estimate of drug-likeness (QED) is 0.600. The molecule has 1 atom stereocenters. The molecule has 6 nitrogen and oxygen atoms in total. The van der Waals surface area contributed by atoms with Gasteiger partial charge in [-0.2, -0.15) is 0 Å². The Morgan fingerprint density at radius 2 is 1.96 bits per heavy atom. The Labute approximate surface area is 144 Å². The fourth-order valence-electron chi connectivity index (χ4n) is 2.23. The van der Waals surface area contributed by atoms with E-state index in [2.05, 4.69) is 19.2 Å². The van der Waals surface area contributed by atoms with Crippen molar-refractivity contribution in [1.82, 2.24) is 0 Å². The van der Waals surface area contributed by atoms with Crippen molar-refractivity contribution >= 4 is 17.3 Å². The fourth-order valence-corrected chi connectivity index (χ4v) is 2.23. The zero-order valence-corrected chi connectivity index (χ0v) is 14.0. The van der Waals surface area contributed by atoms with E-state index in [-0.39, 0.29) is 5.75 Å². The monoisotopic (exact) mass is 346 g/mol. The molecule has 1 N–H and O–H groups in total. The molecule has 0 saturated carbocycles. The first-order valence-corrected chi connectivity index (χ1v) is 7.87. The molecule has 0 aliphatic carbocycles. The average Bonchev–Trinajstić information content (AvgIpc) is 2.59. The highest BCUT2D eigenvalue weighted by atomic mass is 19.1. The lowest BCUT2D eigenvalue weighted by molar-refractivity contribution is -0.385. The SMILES string of the molecule is CC[C@H](C)c1ccc(NC(=O)COc2cc(F)ccc2[N+](=O)[O-])cc1. The summed E-state index contributed by atoms with van der Waals surface area (Å²) in [6.07, 6.45) is 1.02. The van der Waals surface area contributed by atoms with Crippen molar-refractivity contribution in [3.8, 4) is 5.75 Å². The lowest BCUT2D eigenvalue weighted by Crippen LogP contribution is -2.20. The maximum atomic E-state index is 13.2. The molecular weight excluding hydrogens is 327 g/mol. The normalized spacial score (nSPS) is 11.6. The predicted molar refractivity (Wildman–Crippen MR) is 92.3 cm³/mol. The molecule has 0 aromatic heterocycles. The van der Waals surface area contributed by atoms with E-state index >= 15 is 0 Å². The Kier molecular flexibility index (Phi) is 6.05. The number of halogens is 1. The van der Waals surface area contributed by atoms with Crippen LogP contribution in [-0.2, 0) is 4.79 Å². The Balaban J connectivity index is 1.97. The van der Waals surface area contributed by atoms with Gasteiger partial charge in [-0.1, -0.05) is 26.0 Å². The zero-order valence-electron chi connectivity index (χ0n) is 14.0. The van der Waals surface area contributed by atoms with Crippen LogP contribution < -0.4 is 10.1 Å². The van der Waals surface area contributed by atoms with Crippen LogP contribution in [0.15, 0.2) is 42.5 Å². The van der Waals surface area contributed by atoms with E-state index in [9.17, 15) is 19.3 Å². The lowest BCUT2D eigenvalue weighted by Gasteiger charge is -2.11. The van der Waals surface area contributed by atoms with Gasteiger partial charge in [-0.25, -0.2) is 4.39 Å². The summed E-state index contributed by atoms with van der Waals surface area (Å²) in [6, 6.07) is 10.3. The van der Waals surface area contributed by atoms with Crippen LogP contribution in [0.25, 0.3) is 0 Å². The third kappa shape index (κ3) is 5.00. The minimum Gasteiger partial charge on any atom is -0.477 e. The van der Waals surface area contributed by atoms with Crippen LogP contribution in [0.1, 0.15) is 31.7 Å². The molecule has 132 valence electrons. The predicted octanol–water partition coefficient (Wildman–Crippen LogP) is 4.26. The molecule has 0 aliphatic rings. The Morgan fingerprint density at radius 3 is 2.56 bits per heavy atom. The number of ether oxygens (including phenoxy) is 1. The second-order valence-electron chi connectivity index (χ2n) is 5.64. The largest absolute Gasteiger partial charge is 0.477 e. The van der Waals surface area contributed by atoms with Crippen LogP contribution in [-0.4, -0.2) is 17.4 Å². The summed E-state index contributed by atoms with van der Waals surface area (Å²) in [5.74, 6) is -1.02. The minimum atomic E-state index is -0.694. The van der Waals surface area contributed by atoms with Gasteiger partial charge < -0.3 is 10.1 Å². The van der Waals surface area contributed by atoms with Crippen molar-refractivity contribution in [3.05, 3.63) is 64.0 Å². The van der Waals surface area contributed by atoms with Crippen LogP contribution in [0.3, 0.4) is 0 Å². The molecule has 2 aromatic rings. The van der Waals surface area contributed by atoms with E-state index in [1.165, 1.54) is 5.56 Å².